The van der Waals surface area contributed by atoms with Crippen molar-refractivity contribution in [1.29, 1.82) is 0 Å². The number of Topliss-reactive ketones (excluding diaryl/α,β-unsaturated/α-hetero) is 2. The summed E-state index contributed by atoms with van der Waals surface area (Å²) < 4.78 is 15.3. The van der Waals surface area contributed by atoms with Gasteiger partial charge in [-0.05, 0) is 45.8 Å². The molecule has 222 valence electrons. The standard InChI is InChI=1S/C28H35FN4O8/c1-4-5-6-7-31-11-17(34)32-16-10-15(29)13-8-12-9-14-21(33(2)3)24(37)20(27(30)40)26(39)28(14,41)25(38)18(12)23(36)19(13)22(16)35/h10,12,14,21,31,35,37-38,41H,4-9,11H2,1-3H3,(H2,30,40)(H,32,34)/t12-,14-,21-,28-/m0/s1. The van der Waals surface area contributed by atoms with Crippen LogP contribution in [0.3, 0.4) is 0 Å². The van der Waals surface area contributed by atoms with Gasteiger partial charge >= 0.3 is 0 Å². The second-order valence-corrected chi connectivity index (χ2v) is 11.0. The van der Waals surface area contributed by atoms with E-state index in [9.17, 15) is 39.6 Å². The molecule has 0 heterocycles. The van der Waals surface area contributed by atoms with Gasteiger partial charge in [-0.25, -0.2) is 4.39 Å². The molecule has 0 unspecified atom stereocenters. The SMILES string of the molecule is CCCCCNCC(=O)Nc1cc(F)c2c(c1O)C(=O)C1=C(O)[C@]3(O)C(=O)C(C(N)=O)=C(O)[C@@H](N(C)C)[C@@H]3C[C@@H]1C2. The maximum atomic E-state index is 15.3. The smallest absolute Gasteiger partial charge is 0.255 e. The zero-order valence-electron chi connectivity index (χ0n) is 23.1. The number of amides is 2. The number of benzene rings is 1. The molecule has 3 aliphatic rings. The highest BCUT2D eigenvalue weighted by Gasteiger charge is 2.63. The lowest BCUT2D eigenvalue weighted by Gasteiger charge is -2.50. The number of aliphatic hydroxyl groups is 3. The van der Waals surface area contributed by atoms with Crippen LogP contribution in [0.1, 0.15) is 48.5 Å². The zero-order chi connectivity index (χ0) is 30.4. The van der Waals surface area contributed by atoms with Crippen LogP contribution >= 0.6 is 0 Å². The number of rotatable bonds is 9. The third-order valence-electron chi connectivity index (χ3n) is 8.18. The molecule has 41 heavy (non-hydrogen) atoms. The number of phenols is 1. The van der Waals surface area contributed by atoms with Crippen molar-refractivity contribution >= 4 is 29.1 Å². The Bertz CT molecular complexity index is 1390. The number of anilines is 1. The molecular weight excluding hydrogens is 539 g/mol. The van der Waals surface area contributed by atoms with E-state index in [0.717, 1.165) is 25.3 Å². The number of nitrogens with zero attached hydrogens (tertiary/aromatic N) is 1. The molecule has 0 aliphatic heterocycles. The number of unbranched alkanes of at least 4 members (excludes halogenated alkanes) is 2. The van der Waals surface area contributed by atoms with Gasteiger partial charge in [-0.15, -0.1) is 0 Å². The van der Waals surface area contributed by atoms with Crippen LogP contribution in [0.4, 0.5) is 10.1 Å². The summed E-state index contributed by atoms with van der Waals surface area (Å²) in [4.78, 5) is 52.9. The summed E-state index contributed by atoms with van der Waals surface area (Å²) >= 11 is 0. The number of halogens is 1. The van der Waals surface area contributed by atoms with Gasteiger partial charge in [0.2, 0.25) is 11.7 Å². The molecule has 4 rings (SSSR count). The topological polar surface area (TPSA) is 203 Å². The zero-order valence-corrected chi connectivity index (χ0v) is 23.1. The summed E-state index contributed by atoms with van der Waals surface area (Å²) in [7, 11) is 3.03. The minimum Gasteiger partial charge on any atom is -0.510 e. The molecule has 1 aromatic rings. The van der Waals surface area contributed by atoms with Crippen molar-refractivity contribution in [2.75, 3.05) is 32.5 Å². The van der Waals surface area contributed by atoms with E-state index in [1.165, 1.54) is 19.0 Å². The number of likely N-dealkylation sites (N-methyl/N-ethyl adjacent to an activating group) is 1. The molecule has 3 aliphatic carbocycles. The summed E-state index contributed by atoms with van der Waals surface area (Å²) in [5, 5.41) is 50.0. The van der Waals surface area contributed by atoms with Crippen LogP contribution in [-0.2, 0) is 20.8 Å². The minimum atomic E-state index is -2.80. The van der Waals surface area contributed by atoms with Gasteiger partial charge in [0.15, 0.2) is 17.1 Å². The Morgan fingerprint density at radius 3 is 2.49 bits per heavy atom. The Kier molecular flexibility index (Phi) is 8.25. The van der Waals surface area contributed by atoms with Crippen molar-refractivity contribution in [2.45, 2.75) is 50.7 Å². The van der Waals surface area contributed by atoms with Gasteiger partial charge in [0.25, 0.3) is 5.91 Å². The predicted molar refractivity (Wildman–Crippen MR) is 145 cm³/mol. The molecule has 13 heteroatoms. The quantitative estimate of drug-likeness (QED) is 0.127. The summed E-state index contributed by atoms with van der Waals surface area (Å²) in [6.45, 7) is 2.51. The Hall–Kier alpha value is -3.81. The third-order valence-corrected chi connectivity index (χ3v) is 8.18. The number of aliphatic hydroxyl groups excluding tert-OH is 2. The summed E-state index contributed by atoms with van der Waals surface area (Å²) in [6, 6.07) is -0.239. The Morgan fingerprint density at radius 1 is 1.20 bits per heavy atom. The Morgan fingerprint density at radius 2 is 1.88 bits per heavy atom. The van der Waals surface area contributed by atoms with Crippen LogP contribution in [0, 0.1) is 17.7 Å². The van der Waals surface area contributed by atoms with E-state index in [2.05, 4.69) is 10.6 Å². The van der Waals surface area contributed by atoms with Crippen LogP contribution in [0.2, 0.25) is 0 Å². The second kappa shape index (κ2) is 11.2. The Balaban J connectivity index is 1.74. The van der Waals surface area contributed by atoms with E-state index in [0.29, 0.717) is 6.54 Å². The lowest BCUT2D eigenvalue weighted by molar-refractivity contribution is -0.148. The number of ketones is 2. The molecule has 0 aromatic heterocycles. The van der Waals surface area contributed by atoms with Gasteiger partial charge in [-0.2, -0.15) is 0 Å². The molecule has 1 aromatic carbocycles. The van der Waals surface area contributed by atoms with E-state index >= 15 is 4.39 Å². The van der Waals surface area contributed by atoms with Gasteiger partial charge < -0.3 is 36.8 Å². The van der Waals surface area contributed by atoms with Gasteiger partial charge in [0.1, 0.15) is 22.9 Å². The highest BCUT2D eigenvalue weighted by atomic mass is 19.1. The number of primary amides is 1. The van der Waals surface area contributed by atoms with Crippen LogP contribution in [0.25, 0.3) is 0 Å². The molecule has 0 radical (unpaired) electrons. The van der Waals surface area contributed by atoms with Crippen LogP contribution in [-0.4, -0.2) is 87.5 Å². The van der Waals surface area contributed by atoms with Gasteiger partial charge in [0, 0.05) is 23.1 Å². The number of hydrogen-bond acceptors (Lipinski definition) is 10. The normalized spacial score (nSPS) is 25.7. The molecule has 0 bridgehead atoms. The van der Waals surface area contributed by atoms with Crippen LogP contribution in [0.5, 0.6) is 5.75 Å². The number of nitrogens with two attached hydrogens (primary N) is 1. The lowest BCUT2D eigenvalue weighted by atomic mass is 9.58. The first-order valence-electron chi connectivity index (χ1n) is 13.5. The first-order valence-corrected chi connectivity index (χ1v) is 13.5. The van der Waals surface area contributed by atoms with Gasteiger partial charge in [0.05, 0.1) is 23.8 Å². The predicted octanol–water partition coefficient (Wildman–Crippen LogP) is 0.978. The number of nitrogens with one attached hydrogen (secondary N) is 2. The number of fused-ring (bicyclic) bond motifs is 3. The van der Waals surface area contributed by atoms with Crippen LogP contribution < -0.4 is 16.4 Å². The van der Waals surface area contributed by atoms with E-state index in [1.54, 1.807) is 0 Å². The van der Waals surface area contributed by atoms with Crippen molar-refractivity contribution in [1.82, 2.24) is 10.2 Å². The number of aromatic hydroxyl groups is 1. The first kappa shape index (κ1) is 30.2. The summed E-state index contributed by atoms with van der Waals surface area (Å²) in [5.41, 5.74) is 0.160. The number of allylic oxidation sites excluding steroid dienone is 1. The molecule has 4 atom stereocenters. The van der Waals surface area contributed by atoms with E-state index < -0.39 is 86.7 Å². The number of phenolic OH excluding ortho intramolecular Hbond substituents is 1. The van der Waals surface area contributed by atoms with E-state index in [1.807, 2.05) is 6.92 Å². The van der Waals surface area contributed by atoms with Crippen molar-refractivity contribution in [2.24, 2.45) is 17.6 Å². The molecule has 0 saturated carbocycles. The van der Waals surface area contributed by atoms with Crippen LogP contribution in [0.15, 0.2) is 28.7 Å². The fourth-order valence-electron chi connectivity index (χ4n) is 6.26. The minimum absolute atomic E-state index is 0.115. The Labute approximate surface area is 235 Å². The highest BCUT2D eigenvalue weighted by molar-refractivity contribution is 6.25. The van der Waals surface area contributed by atoms with Crippen molar-refractivity contribution in [3.63, 3.8) is 0 Å². The number of hydrogen-bond donors (Lipinski definition) is 7. The molecule has 8 N–H and O–H groups in total. The number of carbonyl (C=O) groups excluding carboxylic acids is 4. The second-order valence-electron chi connectivity index (χ2n) is 11.0. The summed E-state index contributed by atoms with van der Waals surface area (Å²) in [6.07, 6.45) is 2.49. The van der Waals surface area contributed by atoms with E-state index in [4.69, 9.17) is 5.73 Å². The fourth-order valence-corrected chi connectivity index (χ4v) is 6.26. The van der Waals surface area contributed by atoms with E-state index in [-0.39, 0.29) is 30.6 Å². The first-order chi connectivity index (χ1) is 19.3. The summed E-state index contributed by atoms with van der Waals surface area (Å²) in [5.74, 6) is -9.78. The molecule has 0 saturated heterocycles. The van der Waals surface area contributed by atoms with Gasteiger partial charge in [-0.1, -0.05) is 19.8 Å². The molecule has 0 spiro atoms. The van der Waals surface area contributed by atoms with Crippen molar-refractivity contribution < 1.29 is 44.0 Å². The maximum Gasteiger partial charge on any atom is 0.255 e. The monoisotopic (exact) mass is 574 g/mol. The fraction of sp³-hybridized carbons (Fsp3) is 0.500. The van der Waals surface area contributed by atoms with Gasteiger partial charge in [-0.3, -0.25) is 24.1 Å². The lowest BCUT2D eigenvalue weighted by Crippen LogP contribution is -2.63. The maximum absolute atomic E-state index is 15.3. The van der Waals surface area contributed by atoms with Crippen molar-refractivity contribution in [3.8, 4) is 5.75 Å². The largest absolute Gasteiger partial charge is 0.510 e. The average molecular weight is 575 g/mol. The average Bonchev–Trinajstić information content (AvgIpc) is 2.88. The molecular formula is C28H35FN4O8. The molecule has 2 amide bonds. The third kappa shape index (κ3) is 4.87. The van der Waals surface area contributed by atoms with Crippen molar-refractivity contribution in [3.05, 3.63) is 45.7 Å². The molecule has 0 fully saturated rings. The number of carbonyl (C=O) groups is 4. The highest BCUT2D eigenvalue weighted by Crippen LogP contribution is 2.53. The molecule has 12 nitrogen and oxygen atoms in total.